The van der Waals surface area contributed by atoms with Gasteiger partial charge in [0.15, 0.2) is 0 Å². The van der Waals surface area contributed by atoms with Crippen molar-refractivity contribution < 1.29 is 0 Å². The van der Waals surface area contributed by atoms with Crippen molar-refractivity contribution in [1.82, 2.24) is 9.97 Å². The average Bonchev–Trinajstić information content (AvgIpc) is 2.28. The molecule has 0 aliphatic heterocycles. The Hall–Kier alpha value is -1.03. The fourth-order valence-electron chi connectivity index (χ4n) is 1.20. The lowest BCUT2D eigenvalue weighted by Gasteiger charge is -2.13. The first-order valence-corrected chi connectivity index (χ1v) is 4.06. The van der Waals surface area contributed by atoms with Crippen LogP contribution in [-0.4, -0.2) is 16.0 Å². The van der Waals surface area contributed by atoms with Crippen molar-refractivity contribution in [2.45, 2.75) is 32.7 Å². The largest absolute Gasteiger partial charge is 0.327 e. The molecule has 0 radical (unpaired) electrons. The van der Waals surface area contributed by atoms with E-state index < -0.39 is 0 Å². The van der Waals surface area contributed by atoms with E-state index in [4.69, 9.17) is 5.73 Å². The molecule has 1 aromatic heterocycles. The first-order chi connectivity index (χ1) is 5.52. The third kappa shape index (κ3) is 1.58. The molecule has 0 amide bonds. The number of rotatable bonds is 2. The van der Waals surface area contributed by atoms with E-state index in [1.54, 1.807) is 0 Å². The SMILES string of the molecule is Cc1[nH]c(=O)[nH]c1C(C)C(C)N. The lowest BCUT2D eigenvalue weighted by Crippen LogP contribution is -2.23. The molecule has 2 atom stereocenters. The normalized spacial score (nSPS) is 16.0. The summed E-state index contributed by atoms with van der Waals surface area (Å²) >= 11 is 0. The van der Waals surface area contributed by atoms with E-state index in [1.165, 1.54) is 0 Å². The van der Waals surface area contributed by atoms with E-state index in [-0.39, 0.29) is 17.6 Å². The number of nitrogens with one attached hydrogen (secondary N) is 2. The Bertz CT molecular complexity index is 310. The Labute approximate surface area is 71.2 Å². The van der Waals surface area contributed by atoms with E-state index in [0.29, 0.717) is 0 Å². The molecule has 0 spiro atoms. The zero-order valence-electron chi connectivity index (χ0n) is 7.64. The lowest BCUT2D eigenvalue weighted by molar-refractivity contribution is 0.597. The zero-order valence-corrected chi connectivity index (χ0v) is 7.64. The first-order valence-electron chi connectivity index (χ1n) is 4.06. The van der Waals surface area contributed by atoms with E-state index in [1.807, 2.05) is 20.8 Å². The molecule has 0 aliphatic carbocycles. The van der Waals surface area contributed by atoms with Gasteiger partial charge in [-0.15, -0.1) is 0 Å². The summed E-state index contributed by atoms with van der Waals surface area (Å²) in [5.41, 5.74) is 7.34. The highest BCUT2D eigenvalue weighted by molar-refractivity contribution is 5.15. The maximum Gasteiger partial charge on any atom is 0.323 e. The van der Waals surface area contributed by atoms with Crippen LogP contribution in [0.2, 0.25) is 0 Å². The van der Waals surface area contributed by atoms with Gasteiger partial charge in [0.25, 0.3) is 0 Å². The number of hydrogen-bond donors (Lipinski definition) is 3. The second-order valence-electron chi connectivity index (χ2n) is 3.27. The fraction of sp³-hybridized carbons (Fsp3) is 0.625. The molecular weight excluding hydrogens is 154 g/mol. The summed E-state index contributed by atoms with van der Waals surface area (Å²) in [7, 11) is 0. The maximum atomic E-state index is 10.9. The number of aromatic nitrogens is 2. The van der Waals surface area contributed by atoms with Crippen LogP contribution in [-0.2, 0) is 0 Å². The Balaban J connectivity index is 3.02. The molecule has 0 aliphatic rings. The van der Waals surface area contributed by atoms with Gasteiger partial charge in [0.05, 0.1) is 0 Å². The molecule has 4 N–H and O–H groups in total. The first kappa shape index (κ1) is 9.06. The van der Waals surface area contributed by atoms with Crippen LogP contribution in [0, 0.1) is 6.92 Å². The molecule has 68 valence electrons. The third-order valence-electron chi connectivity index (χ3n) is 2.20. The summed E-state index contributed by atoms with van der Waals surface area (Å²) < 4.78 is 0. The summed E-state index contributed by atoms with van der Waals surface area (Å²) in [4.78, 5) is 16.3. The zero-order chi connectivity index (χ0) is 9.30. The lowest BCUT2D eigenvalue weighted by atomic mass is 9.99. The van der Waals surface area contributed by atoms with Crippen molar-refractivity contribution >= 4 is 0 Å². The molecule has 4 nitrogen and oxygen atoms in total. The molecule has 0 saturated carbocycles. The van der Waals surface area contributed by atoms with Crippen LogP contribution in [0.3, 0.4) is 0 Å². The van der Waals surface area contributed by atoms with Gasteiger partial charge in [-0.1, -0.05) is 6.92 Å². The van der Waals surface area contributed by atoms with Crippen molar-refractivity contribution in [2.24, 2.45) is 5.73 Å². The van der Waals surface area contributed by atoms with Gasteiger partial charge in [0.2, 0.25) is 0 Å². The van der Waals surface area contributed by atoms with Crippen LogP contribution in [0.4, 0.5) is 0 Å². The van der Waals surface area contributed by atoms with Gasteiger partial charge in [-0.05, 0) is 13.8 Å². The number of hydrogen-bond acceptors (Lipinski definition) is 2. The minimum absolute atomic E-state index is 0.0511. The molecular formula is C8H15N3O. The maximum absolute atomic E-state index is 10.9. The summed E-state index contributed by atoms with van der Waals surface area (Å²) in [5, 5.41) is 0. The summed E-state index contributed by atoms with van der Waals surface area (Å²) in [6, 6.07) is 0.0511. The molecule has 2 unspecified atom stereocenters. The number of aryl methyl sites for hydroxylation is 1. The average molecular weight is 169 g/mol. The molecule has 4 heteroatoms. The Morgan fingerprint density at radius 3 is 2.25 bits per heavy atom. The van der Waals surface area contributed by atoms with E-state index >= 15 is 0 Å². The molecule has 0 bridgehead atoms. The predicted molar refractivity (Wildman–Crippen MR) is 48.2 cm³/mol. The molecule has 1 aromatic rings. The Kier molecular flexibility index (Phi) is 2.38. The Morgan fingerprint density at radius 2 is 1.92 bits per heavy atom. The highest BCUT2D eigenvalue weighted by Crippen LogP contribution is 2.16. The minimum Gasteiger partial charge on any atom is -0.327 e. The summed E-state index contributed by atoms with van der Waals surface area (Å²) in [6.07, 6.45) is 0. The van der Waals surface area contributed by atoms with Crippen LogP contribution in [0.15, 0.2) is 4.79 Å². The van der Waals surface area contributed by atoms with E-state index in [9.17, 15) is 4.79 Å². The number of nitrogens with two attached hydrogens (primary N) is 1. The summed E-state index contributed by atoms with van der Waals surface area (Å²) in [6.45, 7) is 5.79. The highest BCUT2D eigenvalue weighted by atomic mass is 16.1. The van der Waals surface area contributed by atoms with E-state index in [2.05, 4.69) is 9.97 Å². The van der Waals surface area contributed by atoms with Crippen LogP contribution in [0.1, 0.15) is 31.2 Å². The summed E-state index contributed by atoms with van der Waals surface area (Å²) in [5.74, 6) is 0.184. The quantitative estimate of drug-likeness (QED) is 0.601. The smallest absolute Gasteiger partial charge is 0.323 e. The van der Waals surface area contributed by atoms with Gasteiger partial charge in [0.1, 0.15) is 0 Å². The van der Waals surface area contributed by atoms with Gasteiger partial charge in [-0.2, -0.15) is 0 Å². The van der Waals surface area contributed by atoms with Crippen LogP contribution >= 0.6 is 0 Å². The van der Waals surface area contributed by atoms with Crippen molar-refractivity contribution in [3.05, 3.63) is 21.9 Å². The highest BCUT2D eigenvalue weighted by Gasteiger charge is 2.14. The standard InChI is InChI=1S/C8H15N3O/c1-4(5(2)9)7-6(3)10-8(12)11-7/h4-5H,9H2,1-3H3,(H2,10,11,12). The number of aromatic amines is 2. The second-order valence-corrected chi connectivity index (χ2v) is 3.27. The van der Waals surface area contributed by atoms with Crippen LogP contribution in [0.25, 0.3) is 0 Å². The molecule has 1 heterocycles. The fourth-order valence-corrected chi connectivity index (χ4v) is 1.20. The monoisotopic (exact) mass is 169 g/mol. The number of imidazole rings is 1. The molecule has 0 aromatic carbocycles. The van der Waals surface area contributed by atoms with Gasteiger partial charge in [-0.25, -0.2) is 4.79 Å². The molecule has 0 saturated heterocycles. The third-order valence-corrected chi connectivity index (χ3v) is 2.20. The molecule has 1 rings (SSSR count). The van der Waals surface area contributed by atoms with Gasteiger partial charge in [0, 0.05) is 23.3 Å². The van der Waals surface area contributed by atoms with Crippen molar-refractivity contribution in [2.75, 3.05) is 0 Å². The minimum atomic E-state index is -0.157. The van der Waals surface area contributed by atoms with Crippen molar-refractivity contribution in [3.8, 4) is 0 Å². The second kappa shape index (κ2) is 3.15. The number of H-pyrrole nitrogens is 2. The van der Waals surface area contributed by atoms with Crippen LogP contribution < -0.4 is 11.4 Å². The molecule has 0 fully saturated rings. The topological polar surface area (TPSA) is 74.7 Å². The van der Waals surface area contributed by atoms with Crippen molar-refractivity contribution in [3.63, 3.8) is 0 Å². The van der Waals surface area contributed by atoms with Crippen molar-refractivity contribution in [1.29, 1.82) is 0 Å². The Morgan fingerprint density at radius 1 is 1.33 bits per heavy atom. The predicted octanol–water partition coefficient (Wildman–Crippen LogP) is 0.462. The van der Waals surface area contributed by atoms with Gasteiger partial charge in [-0.3, -0.25) is 0 Å². The van der Waals surface area contributed by atoms with Gasteiger partial charge >= 0.3 is 5.69 Å². The van der Waals surface area contributed by atoms with E-state index in [0.717, 1.165) is 11.4 Å². The van der Waals surface area contributed by atoms with Crippen LogP contribution in [0.5, 0.6) is 0 Å². The molecule has 12 heavy (non-hydrogen) atoms. The van der Waals surface area contributed by atoms with Gasteiger partial charge < -0.3 is 15.7 Å².